The van der Waals surface area contributed by atoms with E-state index < -0.39 is 23.1 Å². The van der Waals surface area contributed by atoms with Crippen LogP contribution in [0.5, 0.6) is 0 Å². The van der Waals surface area contributed by atoms with Crippen LogP contribution in [0.3, 0.4) is 0 Å². The topological polar surface area (TPSA) is 77.0 Å². The molecule has 176 valence electrons. The molecule has 3 rings (SSSR count). The highest BCUT2D eigenvalue weighted by Crippen LogP contribution is 2.38. The summed E-state index contributed by atoms with van der Waals surface area (Å²) in [4.78, 5) is 18.4. The van der Waals surface area contributed by atoms with Gasteiger partial charge in [-0.3, -0.25) is 4.79 Å². The lowest BCUT2D eigenvalue weighted by Gasteiger charge is -2.37. The Hall–Kier alpha value is -2.65. The molecule has 0 radical (unpaired) electrons. The van der Waals surface area contributed by atoms with Gasteiger partial charge in [0.1, 0.15) is 11.6 Å². The summed E-state index contributed by atoms with van der Waals surface area (Å²) < 4.78 is 31.0. The van der Waals surface area contributed by atoms with Crippen molar-refractivity contribution in [2.45, 2.75) is 39.8 Å². The van der Waals surface area contributed by atoms with Crippen LogP contribution < -0.4 is 5.73 Å². The number of carbonyl (C=O) groups excluding carboxylic acids is 1. The van der Waals surface area contributed by atoms with Gasteiger partial charge in [0.2, 0.25) is 6.41 Å². The number of rotatable bonds is 9. The molecule has 9 heteroatoms. The SMILES string of the molecule is CC(C)(C)[C@H](c1nc(-c2cc(F)ccc2F)nn1Cc1cccc(Br)c1)N(C=O)CCCN. The van der Waals surface area contributed by atoms with Gasteiger partial charge in [0.25, 0.3) is 0 Å². The third-order valence-electron chi connectivity index (χ3n) is 5.24. The highest BCUT2D eigenvalue weighted by molar-refractivity contribution is 9.10. The van der Waals surface area contributed by atoms with Crippen molar-refractivity contribution in [3.63, 3.8) is 0 Å². The fourth-order valence-corrected chi connectivity index (χ4v) is 4.26. The summed E-state index contributed by atoms with van der Waals surface area (Å²) in [5.41, 5.74) is 6.17. The van der Waals surface area contributed by atoms with E-state index >= 15 is 0 Å². The second-order valence-corrected chi connectivity index (χ2v) is 9.88. The highest BCUT2D eigenvalue weighted by atomic mass is 79.9. The van der Waals surface area contributed by atoms with Crippen molar-refractivity contribution < 1.29 is 13.6 Å². The third-order valence-corrected chi connectivity index (χ3v) is 5.74. The van der Waals surface area contributed by atoms with Crippen LogP contribution in [0.1, 0.15) is 44.6 Å². The molecule has 1 amide bonds. The second-order valence-electron chi connectivity index (χ2n) is 8.96. The summed E-state index contributed by atoms with van der Waals surface area (Å²) >= 11 is 3.47. The molecule has 0 aliphatic rings. The first-order valence-corrected chi connectivity index (χ1v) is 11.5. The summed E-state index contributed by atoms with van der Waals surface area (Å²) in [6, 6.07) is 10.4. The number of aromatic nitrogens is 3. The maximum Gasteiger partial charge on any atom is 0.210 e. The van der Waals surface area contributed by atoms with Crippen molar-refractivity contribution >= 4 is 22.3 Å². The Bertz CT molecular complexity index is 1110. The van der Waals surface area contributed by atoms with Crippen LogP contribution in [0.2, 0.25) is 0 Å². The van der Waals surface area contributed by atoms with Crippen LogP contribution in [-0.4, -0.2) is 39.2 Å². The Morgan fingerprint density at radius 1 is 1.21 bits per heavy atom. The highest BCUT2D eigenvalue weighted by Gasteiger charge is 2.36. The maximum absolute atomic E-state index is 14.6. The van der Waals surface area contributed by atoms with Gasteiger partial charge in [0.05, 0.1) is 18.2 Å². The number of halogens is 3. The minimum absolute atomic E-state index is 0.0310. The van der Waals surface area contributed by atoms with Gasteiger partial charge in [-0.2, -0.15) is 5.10 Å². The fraction of sp³-hybridized carbons (Fsp3) is 0.375. The summed E-state index contributed by atoms with van der Waals surface area (Å²) in [6.45, 7) is 7.21. The predicted octanol–water partition coefficient (Wildman–Crippen LogP) is 4.93. The standard InChI is InChI=1S/C24H28BrF2N5O/c1-24(2,3)21(31(15-33)11-5-10-28)23-29-22(19-13-18(26)8-9-20(19)27)30-32(23)14-16-6-4-7-17(25)12-16/h4,6-9,12-13,15,21H,5,10-11,14,28H2,1-3H3/t21-/m0/s1. The molecule has 0 unspecified atom stereocenters. The number of hydrogen-bond donors (Lipinski definition) is 1. The molecule has 0 bridgehead atoms. The van der Waals surface area contributed by atoms with Gasteiger partial charge in [-0.15, -0.1) is 0 Å². The molecule has 0 fully saturated rings. The Labute approximate surface area is 200 Å². The average Bonchev–Trinajstić information content (AvgIpc) is 3.14. The predicted molar refractivity (Wildman–Crippen MR) is 127 cm³/mol. The largest absolute Gasteiger partial charge is 0.334 e. The second kappa shape index (κ2) is 10.5. The lowest BCUT2D eigenvalue weighted by molar-refractivity contribution is -0.123. The van der Waals surface area contributed by atoms with E-state index in [1.165, 1.54) is 0 Å². The maximum atomic E-state index is 14.6. The molecular formula is C24H28BrF2N5O. The molecule has 6 nitrogen and oxygen atoms in total. The van der Waals surface area contributed by atoms with Crippen molar-refractivity contribution in [3.8, 4) is 11.4 Å². The fourth-order valence-electron chi connectivity index (χ4n) is 3.81. The van der Waals surface area contributed by atoms with Crippen LogP contribution in [0.15, 0.2) is 46.9 Å². The zero-order valence-electron chi connectivity index (χ0n) is 18.9. The molecular weight excluding hydrogens is 492 g/mol. The van der Waals surface area contributed by atoms with Gasteiger partial charge in [-0.25, -0.2) is 18.4 Å². The zero-order valence-corrected chi connectivity index (χ0v) is 20.5. The van der Waals surface area contributed by atoms with E-state index in [9.17, 15) is 13.6 Å². The van der Waals surface area contributed by atoms with E-state index in [0.29, 0.717) is 31.9 Å². The normalized spacial score (nSPS) is 12.6. The molecule has 0 saturated carbocycles. The number of amides is 1. The van der Waals surface area contributed by atoms with Gasteiger partial charge >= 0.3 is 0 Å². The van der Waals surface area contributed by atoms with Crippen LogP contribution >= 0.6 is 15.9 Å². The number of nitrogens with two attached hydrogens (primary N) is 1. The van der Waals surface area contributed by atoms with Crippen LogP contribution in [0.25, 0.3) is 11.4 Å². The third kappa shape index (κ3) is 6.03. The van der Waals surface area contributed by atoms with E-state index in [1.807, 2.05) is 45.0 Å². The molecule has 1 heterocycles. The van der Waals surface area contributed by atoms with Gasteiger partial charge in [0, 0.05) is 11.0 Å². The lowest BCUT2D eigenvalue weighted by Crippen LogP contribution is -2.39. The van der Waals surface area contributed by atoms with Gasteiger partial charge < -0.3 is 10.6 Å². The number of hydrogen-bond acceptors (Lipinski definition) is 4. The van der Waals surface area contributed by atoms with Gasteiger partial charge in [-0.1, -0.05) is 48.8 Å². The first-order valence-electron chi connectivity index (χ1n) is 10.7. The first kappa shape index (κ1) is 25.0. The van der Waals surface area contributed by atoms with Crippen LogP contribution in [0.4, 0.5) is 8.78 Å². The molecule has 0 aliphatic carbocycles. The lowest BCUT2D eigenvalue weighted by atomic mass is 9.85. The smallest absolute Gasteiger partial charge is 0.210 e. The van der Waals surface area contributed by atoms with E-state index in [1.54, 1.807) is 9.58 Å². The van der Waals surface area contributed by atoms with Crippen molar-refractivity contribution in [2.75, 3.05) is 13.1 Å². The number of benzene rings is 2. The summed E-state index contributed by atoms with van der Waals surface area (Å²) in [6.07, 6.45) is 1.41. The molecule has 0 aliphatic heterocycles. The summed E-state index contributed by atoms with van der Waals surface area (Å²) in [5, 5.41) is 4.56. The Kier molecular flexibility index (Phi) is 7.97. The molecule has 2 N–H and O–H groups in total. The molecule has 0 spiro atoms. The van der Waals surface area contributed by atoms with E-state index in [-0.39, 0.29) is 11.4 Å². The van der Waals surface area contributed by atoms with Gasteiger partial charge in [-0.05, 0) is 54.3 Å². The van der Waals surface area contributed by atoms with Crippen LogP contribution in [0, 0.1) is 17.0 Å². The summed E-state index contributed by atoms with van der Waals surface area (Å²) in [5.74, 6) is -0.646. The average molecular weight is 520 g/mol. The molecule has 3 aromatic rings. The number of nitrogens with zero attached hydrogens (tertiary/aromatic N) is 4. The van der Waals surface area contributed by atoms with E-state index in [4.69, 9.17) is 5.73 Å². The minimum Gasteiger partial charge on any atom is -0.334 e. The van der Waals surface area contributed by atoms with Crippen LogP contribution in [-0.2, 0) is 11.3 Å². The van der Waals surface area contributed by atoms with Gasteiger partial charge in [0.15, 0.2) is 11.6 Å². The Balaban J connectivity index is 2.18. The molecule has 1 atom stereocenters. The van der Waals surface area contributed by atoms with E-state index in [0.717, 1.165) is 34.6 Å². The monoisotopic (exact) mass is 519 g/mol. The quantitative estimate of drug-likeness (QED) is 0.406. The van der Waals surface area contributed by atoms with Crippen molar-refractivity contribution in [2.24, 2.45) is 11.1 Å². The Morgan fingerprint density at radius 3 is 2.61 bits per heavy atom. The van der Waals surface area contributed by atoms with E-state index in [2.05, 4.69) is 26.0 Å². The van der Waals surface area contributed by atoms with Crippen molar-refractivity contribution in [1.82, 2.24) is 19.7 Å². The Morgan fingerprint density at radius 2 is 1.97 bits per heavy atom. The molecule has 2 aromatic carbocycles. The minimum atomic E-state index is -0.620. The summed E-state index contributed by atoms with van der Waals surface area (Å²) in [7, 11) is 0. The first-order chi connectivity index (χ1) is 15.6. The van der Waals surface area contributed by atoms with Crippen molar-refractivity contribution in [3.05, 3.63) is 70.0 Å². The number of carbonyl (C=O) groups is 1. The van der Waals surface area contributed by atoms with Crippen molar-refractivity contribution in [1.29, 1.82) is 0 Å². The molecule has 0 saturated heterocycles. The molecule has 1 aromatic heterocycles. The molecule has 33 heavy (non-hydrogen) atoms. The zero-order chi connectivity index (χ0) is 24.2.